The molecule has 10 nitrogen and oxygen atoms in total. The third kappa shape index (κ3) is 5.52. The number of hydrogen-bond acceptors (Lipinski definition) is 10. The van der Waals surface area contributed by atoms with Gasteiger partial charge in [0.25, 0.3) is 5.91 Å². The minimum Gasteiger partial charge on any atom is -0.465 e. The molecular formula is C21H20N2O8S2. The van der Waals surface area contributed by atoms with Gasteiger partial charge in [0.1, 0.15) is 9.88 Å². The first-order valence-corrected chi connectivity index (χ1v) is 11.3. The summed E-state index contributed by atoms with van der Waals surface area (Å²) in [5.41, 5.74) is 0.985. The zero-order valence-corrected chi connectivity index (χ0v) is 19.5. The zero-order chi connectivity index (χ0) is 24.1. The maximum atomic E-state index is 12.3. The molecule has 174 valence electrons. The smallest absolute Gasteiger partial charge is 0.348 e. The highest BCUT2D eigenvalue weighted by molar-refractivity contribution is 8.01. The average Bonchev–Trinajstić information content (AvgIpc) is 3.12. The van der Waals surface area contributed by atoms with E-state index in [1.54, 1.807) is 12.1 Å². The van der Waals surface area contributed by atoms with E-state index in [1.807, 2.05) is 12.1 Å². The number of thiophene rings is 1. The fourth-order valence-corrected chi connectivity index (χ4v) is 5.21. The van der Waals surface area contributed by atoms with Gasteiger partial charge in [-0.1, -0.05) is 12.1 Å². The fraction of sp³-hybridized carbons (Fsp3) is 0.286. The van der Waals surface area contributed by atoms with Crippen molar-refractivity contribution in [2.75, 3.05) is 31.5 Å². The number of hydrogen-bond donors (Lipinski definition) is 2. The van der Waals surface area contributed by atoms with Crippen LogP contribution in [0.25, 0.3) is 0 Å². The van der Waals surface area contributed by atoms with Crippen LogP contribution in [0.3, 0.4) is 0 Å². The number of esters is 3. The quantitative estimate of drug-likeness (QED) is 0.441. The van der Waals surface area contributed by atoms with Crippen LogP contribution >= 0.6 is 23.1 Å². The SMILES string of the molecule is COC(=O)c1sc(NC(=O)COC(=O)C[C@H]2Sc3ccccc3NC2=O)c(C(=O)OC)c1C. The monoisotopic (exact) mass is 492 g/mol. The predicted molar refractivity (Wildman–Crippen MR) is 121 cm³/mol. The van der Waals surface area contributed by atoms with Gasteiger partial charge in [0.15, 0.2) is 6.61 Å². The van der Waals surface area contributed by atoms with Gasteiger partial charge in [-0.2, -0.15) is 0 Å². The molecule has 0 bridgehead atoms. The van der Waals surface area contributed by atoms with Crippen molar-refractivity contribution in [3.63, 3.8) is 0 Å². The number of rotatable bonds is 7. The van der Waals surface area contributed by atoms with Gasteiger partial charge in [0.05, 0.1) is 37.1 Å². The van der Waals surface area contributed by atoms with E-state index in [-0.39, 0.29) is 27.8 Å². The first kappa shape index (κ1) is 24.3. The van der Waals surface area contributed by atoms with Crippen LogP contribution in [-0.2, 0) is 28.6 Å². The van der Waals surface area contributed by atoms with E-state index in [0.717, 1.165) is 16.2 Å². The highest BCUT2D eigenvalue weighted by Gasteiger charge is 2.30. The molecule has 3 rings (SSSR count). The molecule has 1 aromatic heterocycles. The van der Waals surface area contributed by atoms with Crippen LogP contribution in [0.2, 0.25) is 0 Å². The van der Waals surface area contributed by atoms with Crippen LogP contribution in [-0.4, -0.2) is 55.8 Å². The number of carbonyl (C=O) groups is 5. The third-order valence-corrected chi connectivity index (χ3v) is 7.05. The summed E-state index contributed by atoms with van der Waals surface area (Å²) in [6.07, 6.45) is -0.226. The Morgan fingerprint density at radius 1 is 1.09 bits per heavy atom. The fourth-order valence-electron chi connectivity index (χ4n) is 2.98. The van der Waals surface area contributed by atoms with Gasteiger partial charge < -0.3 is 24.8 Å². The molecular weight excluding hydrogens is 472 g/mol. The van der Waals surface area contributed by atoms with E-state index in [4.69, 9.17) is 9.47 Å². The molecule has 2 amide bonds. The largest absolute Gasteiger partial charge is 0.465 e. The lowest BCUT2D eigenvalue weighted by molar-refractivity contribution is -0.147. The lowest BCUT2D eigenvalue weighted by Crippen LogP contribution is -2.32. The van der Waals surface area contributed by atoms with E-state index < -0.39 is 35.7 Å². The van der Waals surface area contributed by atoms with Crippen LogP contribution in [0.1, 0.15) is 32.0 Å². The summed E-state index contributed by atoms with van der Waals surface area (Å²) >= 11 is 2.08. The number of benzene rings is 1. The van der Waals surface area contributed by atoms with Crippen LogP contribution in [0.15, 0.2) is 29.2 Å². The summed E-state index contributed by atoms with van der Waals surface area (Å²) in [4.78, 5) is 61.8. The summed E-state index contributed by atoms with van der Waals surface area (Å²) in [5, 5.41) is 4.56. The molecule has 2 N–H and O–H groups in total. The second-order valence-electron chi connectivity index (χ2n) is 6.75. The maximum Gasteiger partial charge on any atom is 0.348 e. The molecule has 1 aliphatic heterocycles. The molecule has 1 atom stereocenters. The molecule has 0 radical (unpaired) electrons. The van der Waals surface area contributed by atoms with Gasteiger partial charge in [-0.15, -0.1) is 23.1 Å². The molecule has 1 aliphatic rings. The van der Waals surface area contributed by atoms with E-state index in [1.165, 1.54) is 32.9 Å². The molecule has 0 saturated carbocycles. The molecule has 1 aromatic carbocycles. The summed E-state index contributed by atoms with van der Waals surface area (Å²) in [6, 6.07) is 7.21. The number of anilines is 2. The normalized spacial score (nSPS) is 14.5. The van der Waals surface area contributed by atoms with Crippen LogP contribution in [0.4, 0.5) is 10.7 Å². The Kier molecular flexibility index (Phi) is 7.71. The van der Waals surface area contributed by atoms with Gasteiger partial charge in [-0.3, -0.25) is 14.4 Å². The van der Waals surface area contributed by atoms with E-state index in [9.17, 15) is 24.0 Å². The minimum atomic E-state index is -0.744. The molecule has 2 heterocycles. The van der Waals surface area contributed by atoms with Crippen molar-refractivity contribution in [1.29, 1.82) is 0 Å². The van der Waals surface area contributed by atoms with Gasteiger partial charge in [-0.05, 0) is 24.6 Å². The second-order valence-corrected chi connectivity index (χ2v) is 9.01. The van der Waals surface area contributed by atoms with Gasteiger partial charge in [0.2, 0.25) is 5.91 Å². The number of fused-ring (bicyclic) bond motifs is 1. The van der Waals surface area contributed by atoms with Gasteiger partial charge in [-0.25, -0.2) is 9.59 Å². The number of methoxy groups -OCH3 is 2. The topological polar surface area (TPSA) is 137 Å². The molecule has 0 saturated heterocycles. The lowest BCUT2D eigenvalue weighted by atomic mass is 10.1. The van der Waals surface area contributed by atoms with Crippen molar-refractivity contribution in [2.45, 2.75) is 23.5 Å². The van der Waals surface area contributed by atoms with Gasteiger partial charge in [0, 0.05) is 4.90 Å². The highest BCUT2D eigenvalue weighted by Crippen LogP contribution is 2.37. The number of nitrogens with one attached hydrogen (secondary N) is 2. The maximum absolute atomic E-state index is 12.3. The molecule has 33 heavy (non-hydrogen) atoms. The van der Waals surface area contributed by atoms with Crippen molar-refractivity contribution in [1.82, 2.24) is 0 Å². The standard InChI is InChI=1S/C21H20N2O8S2/c1-10-16(20(27)29-2)19(33-17(10)21(28)30-3)23-14(24)9-31-15(25)8-13-18(26)22-11-6-4-5-7-12(11)32-13/h4-7,13H,8-9H2,1-3H3,(H,22,26)(H,23,24)/t13-/m1/s1. The van der Waals surface area contributed by atoms with E-state index in [2.05, 4.69) is 15.4 Å². The van der Waals surface area contributed by atoms with Crippen molar-refractivity contribution in [3.8, 4) is 0 Å². The number of para-hydroxylation sites is 1. The Labute approximate surface area is 197 Å². The average molecular weight is 493 g/mol. The highest BCUT2D eigenvalue weighted by atomic mass is 32.2. The van der Waals surface area contributed by atoms with Crippen LogP contribution in [0.5, 0.6) is 0 Å². The Morgan fingerprint density at radius 2 is 1.79 bits per heavy atom. The number of amides is 2. The summed E-state index contributed by atoms with van der Waals surface area (Å²) in [5.74, 6) is -3.20. The van der Waals surface area contributed by atoms with Crippen LogP contribution in [0, 0.1) is 6.92 Å². The number of thioether (sulfide) groups is 1. The lowest BCUT2D eigenvalue weighted by Gasteiger charge is -2.23. The van der Waals surface area contributed by atoms with Gasteiger partial charge >= 0.3 is 17.9 Å². The van der Waals surface area contributed by atoms with Crippen LogP contribution < -0.4 is 10.6 Å². The summed E-state index contributed by atoms with van der Waals surface area (Å²) < 4.78 is 14.4. The van der Waals surface area contributed by atoms with Crippen molar-refractivity contribution in [2.24, 2.45) is 0 Å². The minimum absolute atomic E-state index is 0.0107. The predicted octanol–water partition coefficient (Wildman–Crippen LogP) is 2.61. The molecule has 0 fully saturated rings. The third-order valence-electron chi connectivity index (χ3n) is 4.58. The number of carbonyl (C=O) groups excluding carboxylic acids is 5. The molecule has 12 heteroatoms. The van der Waals surface area contributed by atoms with Crippen molar-refractivity contribution >= 4 is 63.5 Å². The molecule has 0 spiro atoms. The first-order valence-electron chi connectivity index (χ1n) is 9.57. The first-order chi connectivity index (χ1) is 15.7. The summed E-state index contributed by atoms with van der Waals surface area (Å²) in [7, 11) is 2.36. The van der Waals surface area contributed by atoms with Crippen molar-refractivity contribution < 1.29 is 38.2 Å². The Hall–Kier alpha value is -3.38. The molecule has 2 aromatic rings. The van der Waals surface area contributed by atoms with E-state index in [0.29, 0.717) is 11.3 Å². The Morgan fingerprint density at radius 3 is 2.48 bits per heavy atom. The second kappa shape index (κ2) is 10.5. The van der Waals surface area contributed by atoms with Crippen molar-refractivity contribution in [3.05, 3.63) is 40.3 Å². The van der Waals surface area contributed by atoms with E-state index >= 15 is 0 Å². The molecule has 0 unspecified atom stereocenters. The summed E-state index contributed by atoms with van der Waals surface area (Å²) in [6.45, 7) is 0.884. The zero-order valence-electron chi connectivity index (χ0n) is 17.9. The number of ether oxygens (including phenoxy) is 3. The Balaban J connectivity index is 1.60. The molecule has 0 aliphatic carbocycles. The Bertz CT molecular complexity index is 1130.